The summed E-state index contributed by atoms with van der Waals surface area (Å²) in [5, 5.41) is 2.83. The molecule has 1 N–H and O–H groups in total. The van der Waals surface area contributed by atoms with Crippen molar-refractivity contribution in [3.63, 3.8) is 0 Å². The van der Waals surface area contributed by atoms with Gasteiger partial charge in [0, 0.05) is 22.6 Å². The maximum Gasteiger partial charge on any atom is 0.254 e. The zero-order chi connectivity index (χ0) is 24.1. The van der Waals surface area contributed by atoms with Crippen LogP contribution in [-0.4, -0.2) is 34.9 Å². The van der Waals surface area contributed by atoms with Crippen molar-refractivity contribution in [2.75, 3.05) is 19.0 Å². The van der Waals surface area contributed by atoms with E-state index < -0.39 is 0 Å². The number of ether oxygens (including phenoxy) is 1. The Labute approximate surface area is 198 Å². The number of carbonyl (C=O) groups excluding carboxylic acids is 2. The second kappa shape index (κ2) is 10.1. The van der Waals surface area contributed by atoms with Gasteiger partial charge in [-0.3, -0.25) is 9.59 Å². The molecule has 0 aliphatic heterocycles. The molecule has 2 amide bonds. The minimum Gasteiger partial charge on any atom is -0.495 e. The van der Waals surface area contributed by atoms with Crippen LogP contribution in [0.4, 0.5) is 5.69 Å². The Balaban J connectivity index is 1.54. The molecular weight excluding hydrogens is 430 g/mol. The van der Waals surface area contributed by atoms with Gasteiger partial charge >= 0.3 is 0 Å². The molecule has 0 atom stereocenters. The lowest BCUT2D eigenvalue weighted by molar-refractivity contribution is -0.117. The predicted octanol–water partition coefficient (Wildman–Crippen LogP) is 4.98. The van der Waals surface area contributed by atoms with Crippen molar-refractivity contribution in [2.24, 2.45) is 0 Å². The SMILES string of the molecule is COc1ccccc1NC(=O)CN(Cc1ccco1)C(=O)c1ccc(-n2c(C)ccc2C)cc1. The molecule has 0 saturated heterocycles. The average Bonchev–Trinajstić information content (AvgIpc) is 3.48. The summed E-state index contributed by atoms with van der Waals surface area (Å²) in [5.74, 6) is 0.540. The van der Waals surface area contributed by atoms with E-state index in [1.165, 1.54) is 12.0 Å². The highest BCUT2D eigenvalue weighted by molar-refractivity contribution is 6.00. The third kappa shape index (κ3) is 5.04. The molecule has 4 aromatic rings. The first kappa shape index (κ1) is 22.9. The Kier molecular flexibility index (Phi) is 6.82. The molecule has 2 aromatic heterocycles. The first-order valence-electron chi connectivity index (χ1n) is 11.0. The predicted molar refractivity (Wildman–Crippen MR) is 130 cm³/mol. The van der Waals surface area contributed by atoms with Gasteiger partial charge in [-0.25, -0.2) is 0 Å². The van der Waals surface area contributed by atoms with Gasteiger partial charge < -0.3 is 23.9 Å². The van der Waals surface area contributed by atoms with Crippen molar-refractivity contribution >= 4 is 17.5 Å². The molecule has 0 saturated carbocycles. The molecule has 0 spiro atoms. The molecule has 34 heavy (non-hydrogen) atoms. The summed E-state index contributed by atoms with van der Waals surface area (Å²) >= 11 is 0. The smallest absolute Gasteiger partial charge is 0.254 e. The monoisotopic (exact) mass is 457 g/mol. The van der Waals surface area contributed by atoms with Crippen LogP contribution in [0.15, 0.2) is 83.5 Å². The molecule has 0 aliphatic rings. The number of anilines is 1. The Hall–Kier alpha value is -4.26. The maximum absolute atomic E-state index is 13.4. The molecule has 174 valence electrons. The number of nitrogens with zero attached hydrogens (tertiary/aromatic N) is 2. The summed E-state index contributed by atoms with van der Waals surface area (Å²) in [7, 11) is 1.54. The highest BCUT2D eigenvalue weighted by atomic mass is 16.5. The molecule has 0 fully saturated rings. The molecule has 0 unspecified atom stereocenters. The van der Waals surface area contributed by atoms with E-state index in [9.17, 15) is 9.59 Å². The fourth-order valence-corrected chi connectivity index (χ4v) is 3.91. The van der Waals surface area contributed by atoms with E-state index in [-0.39, 0.29) is 24.9 Å². The Bertz CT molecular complexity index is 1250. The molecule has 7 heteroatoms. The van der Waals surface area contributed by atoms with Crippen LogP contribution in [-0.2, 0) is 11.3 Å². The van der Waals surface area contributed by atoms with E-state index in [4.69, 9.17) is 9.15 Å². The van der Waals surface area contributed by atoms with Crippen LogP contribution in [0.25, 0.3) is 5.69 Å². The van der Waals surface area contributed by atoms with Crippen LogP contribution in [0.3, 0.4) is 0 Å². The molecular formula is C27H27N3O4. The highest BCUT2D eigenvalue weighted by Gasteiger charge is 2.21. The van der Waals surface area contributed by atoms with Crippen molar-refractivity contribution in [2.45, 2.75) is 20.4 Å². The molecule has 4 rings (SSSR count). The van der Waals surface area contributed by atoms with Crippen LogP contribution in [0, 0.1) is 13.8 Å². The van der Waals surface area contributed by atoms with Gasteiger partial charge in [0.15, 0.2) is 0 Å². The van der Waals surface area contributed by atoms with Gasteiger partial charge in [-0.2, -0.15) is 0 Å². The van der Waals surface area contributed by atoms with E-state index in [0.29, 0.717) is 22.8 Å². The average molecular weight is 458 g/mol. The topological polar surface area (TPSA) is 76.7 Å². The Morgan fingerprint density at radius 3 is 2.29 bits per heavy atom. The van der Waals surface area contributed by atoms with E-state index in [1.54, 1.807) is 48.7 Å². The lowest BCUT2D eigenvalue weighted by atomic mass is 10.1. The number of rotatable bonds is 8. The van der Waals surface area contributed by atoms with Gasteiger partial charge in [-0.15, -0.1) is 0 Å². The fraction of sp³-hybridized carbons (Fsp3) is 0.185. The van der Waals surface area contributed by atoms with Crippen LogP contribution in [0.5, 0.6) is 5.75 Å². The third-order valence-corrected chi connectivity index (χ3v) is 5.57. The van der Waals surface area contributed by atoms with Crippen LogP contribution < -0.4 is 10.1 Å². The number of furan rings is 1. The second-order valence-electron chi connectivity index (χ2n) is 7.99. The molecule has 2 heterocycles. The lowest BCUT2D eigenvalue weighted by Gasteiger charge is -2.22. The number of hydrogen-bond donors (Lipinski definition) is 1. The number of benzene rings is 2. The zero-order valence-electron chi connectivity index (χ0n) is 19.4. The summed E-state index contributed by atoms with van der Waals surface area (Å²) in [6, 6.07) is 22.2. The fourth-order valence-electron chi connectivity index (χ4n) is 3.91. The lowest BCUT2D eigenvalue weighted by Crippen LogP contribution is -2.37. The number of para-hydroxylation sites is 2. The summed E-state index contributed by atoms with van der Waals surface area (Å²) in [4.78, 5) is 27.7. The quantitative estimate of drug-likeness (QED) is 0.405. The number of methoxy groups -OCH3 is 1. The first-order chi connectivity index (χ1) is 16.5. The van der Waals surface area contributed by atoms with Crippen molar-refractivity contribution in [1.82, 2.24) is 9.47 Å². The van der Waals surface area contributed by atoms with Gasteiger partial charge in [-0.05, 0) is 74.5 Å². The van der Waals surface area contributed by atoms with Crippen LogP contribution in [0.1, 0.15) is 27.5 Å². The maximum atomic E-state index is 13.4. The number of aryl methyl sites for hydroxylation is 2. The van der Waals surface area contributed by atoms with E-state index >= 15 is 0 Å². The van der Waals surface area contributed by atoms with Crippen LogP contribution in [0.2, 0.25) is 0 Å². The summed E-state index contributed by atoms with van der Waals surface area (Å²) in [5.41, 5.74) is 4.24. The molecule has 2 aromatic carbocycles. The second-order valence-corrected chi connectivity index (χ2v) is 7.99. The number of aromatic nitrogens is 1. The number of hydrogen-bond acceptors (Lipinski definition) is 4. The minimum atomic E-state index is -0.334. The highest BCUT2D eigenvalue weighted by Crippen LogP contribution is 2.23. The normalized spacial score (nSPS) is 10.7. The minimum absolute atomic E-state index is 0.144. The molecule has 7 nitrogen and oxygen atoms in total. The van der Waals surface area contributed by atoms with Crippen molar-refractivity contribution in [3.05, 3.63) is 102 Å². The molecule has 0 aliphatic carbocycles. The summed E-state index contributed by atoms with van der Waals surface area (Å²) in [6.07, 6.45) is 1.55. The van der Waals surface area contributed by atoms with E-state index in [0.717, 1.165) is 17.1 Å². The van der Waals surface area contributed by atoms with E-state index in [1.807, 2.05) is 32.0 Å². The van der Waals surface area contributed by atoms with Gasteiger partial charge in [0.05, 0.1) is 25.6 Å². The number of carbonyl (C=O) groups is 2. The van der Waals surface area contributed by atoms with E-state index in [2.05, 4.69) is 22.0 Å². The zero-order valence-corrected chi connectivity index (χ0v) is 19.4. The standard InChI is InChI=1S/C27H27N3O4/c1-19-10-11-20(2)30(19)22-14-12-21(13-15-22)27(32)29(17-23-7-6-16-34-23)18-26(31)28-24-8-4-5-9-25(24)33-3/h4-16H,17-18H2,1-3H3,(H,28,31). The third-order valence-electron chi connectivity index (χ3n) is 5.57. The molecule has 0 bridgehead atoms. The van der Waals surface area contributed by atoms with Crippen molar-refractivity contribution < 1.29 is 18.7 Å². The number of amides is 2. The van der Waals surface area contributed by atoms with Gasteiger partial charge in [0.1, 0.15) is 18.1 Å². The Morgan fingerprint density at radius 1 is 0.941 bits per heavy atom. The summed E-state index contributed by atoms with van der Waals surface area (Å²) < 4.78 is 12.9. The molecule has 0 radical (unpaired) electrons. The van der Waals surface area contributed by atoms with Crippen molar-refractivity contribution in [1.29, 1.82) is 0 Å². The van der Waals surface area contributed by atoms with Crippen molar-refractivity contribution in [3.8, 4) is 11.4 Å². The Morgan fingerprint density at radius 2 is 1.65 bits per heavy atom. The first-order valence-corrected chi connectivity index (χ1v) is 11.0. The largest absolute Gasteiger partial charge is 0.495 e. The van der Waals surface area contributed by atoms with Gasteiger partial charge in [-0.1, -0.05) is 12.1 Å². The number of nitrogens with one attached hydrogen (secondary N) is 1. The van der Waals surface area contributed by atoms with Crippen LogP contribution >= 0.6 is 0 Å². The van der Waals surface area contributed by atoms with Gasteiger partial charge in [0.25, 0.3) is 5.91 Å². The van der Waals surface area contributed by atoms with Gasteiger partial charge in [0.2, 0.25) is 5.91 Å². The summed E-state index contributed by atoms with van der Waals surface area (Å²) in [6.45, 7) is 4.10.